The van der Waals surface area contributed by atoms with Crippen LogP contribution in [0.2, 0.25) is 0 Å². The molecule has 0 saturated carbocycles. The molecule has 0 radical (unpaired) electrons. The van der Waals surface area contributed by atoms with E-state index in [0.29, 0.717) is 11.4 Å². The molecule has 2 N–H and O–H groups in total. The van der Waals surface area contributed by atoms with Gasteiger partial charge in [0.05, 0.1) is 11.4 Å². The van der Waals surface area contributed by atoms with Crippen LogP contribution in [-0.4, -0.2) is 27.8 Å². The third-order valence-electron chi connectivity index (χ3n) is 7.46. The van der Waals surface area contributed by atoms with E-state index in [4.69, 9.17) is 0 Å². The number of aliphatic carboxylic acids is 1. The normalized spacial score (nSPS) is 14.3. The molecule has 1 aromatic heterocycles. The molecule has 40 heavy (non-hydrogen) atoms. The number of hydrogen-bond acceptors (Lipinski definition) is 3. The van der Waals surface area contributed by atoms with Gasteiger partial charge in [-0.1, -0.05) is 88.9 Å². The zero-order valence-corrected chi connectivity index (χ0v) is 24.9. The van der Waals surface area contributed by atoms with Crippen molar-refractivity contribution in [3.8, 4) is 0 Å². The van der Waals surface area contributed by atoms with Crippen LogP contribution < -0.4 is 5.32 Å². The zero-order chi connectivity index (χ0) is 29.7. The van der Waals surface area contributed by atoms with Crippen molar-refractivity contribution in [2.45, 2.75) is 78.4 Å². The van der Waals surface area contributed by atoms with Crippen molar-refractivity contribution in [2.24, 2.45) is 5.92 Å². The number of nitrogens with zero attached hydrogens (tertiary/aromatic N) is 1. The molecule has 3 rings (SSSR count). The lowest BCUT2D eigenvalue weighted by molar-refractivity contribution is -0.139. The van der Waals surface area contributed by atoms with Gasteiger partial charge in [0.1, 0.15) is 11.7 Å². The van der Waals surface area contributed by atoms with Crippen LogP contribution in [-0.2, 0) is 16.6 Å². The highest BCUT2D eigenvalue weighted by molar-refractivity contribution is 5.85. The summed E-state index contributed by atoms with van der Waals surface area (Å²) in [6.45, 7) is 17.4. The Morgan fingerprint density at radius 3 is 2.27 bits per heavy atom. The molecule has 0 aliphatic heterocycles. The van der Waals surface area contributed by atoms with Crippen LogP contribution in [0.5, 0.6) is 0 Å². The van der Waals surface area contributed by atoms with E-state index in [1.807, 2.05) is 19.1 Å². The minimum absolute atomic E-state index is 0.131. The quantitative estimate of drug-likeness (QED) is 0.239. The van der Waals surface area contributed by atoms with Crippen molar-refractivity contribution in [1.29, 1.82) is 0 Å². The van der Waals surface area contributed by atoms with E-state index in [0.717, 1.165) is 22.8 Å². The van der Waals surface area contributed by atoms with Crippen molar-refractivity contribution in [2.75, 3.05) is 0 Å². The second-order valence-electron chi connectivity index (χ2n) is 12.2. The number of alkyl halides is 1. The van der Waals surface area contributed by atoms with Crippen LogP contribution in [0.15, 0.2) is 85.1 Å². The summed E-state index contributed by atoms with van der Waals surface area (Å²) < 4.78 is 14.2. The average molecular weight is 543 g/mol. The summed E-state index contributed by atoms with van der Waals surface area (Å²) in [5.41, 5.74) is 4.39. The number of hydrogen-bond donors (Lipinski definition) is 2. The molecule has 4 nitrogen and oxygen atoms in total. The number of carbonyl (C=O) groups is 1. The lowest BCUT2D eigenvalue weighted by Gasteiger charge is -2.21. The molecule has 0 amide bonds. The number of carboxylic acid groups (broad SMARTS) is 1. The molecule has 2 aromatic carbocycles. The first kappa shape index (κ1) is 30.8. The Kier molecular flexibility index (Phi) is 9.73. The van der Waals surface area contributed by atoms with Crippen LogP contribution in [0, 0.1) is 5.92 Å². The van der Waals surface area contributed by atoms with Crippen molar-refractivity contribution in [3.63, 3.8) is 0 Å². The highest BCUT2D eigenvalue weighted by atomic mass is 19.1. The van der Waals surface area contributed by atoms with Crippen molar-refractivity contribution < 1.29 is 14.3 Å². The highest BCUT2D eigenvalue weighted by Crippen LogP contribution is 2.25. The van der Waals surface area contributed by atoms with Crippen molar-refractivity contribution in [3.05, 3.63) is 107 Å². The SMILES string of the molecule is C=C(N[C@@H](CC(/C=C\C(C)C(C)(C)F)=C/C)C(=O)O)c1cc2ccc(Cc3ccc(C(C)(C)C)cc3)cc2cn1. The van der Waals surface area contributed by atoms with Crippen LogP contribution in [0.3, 0.4) is 0 Å². The molecule has 1 heterocycles. The van der Waals surface area contributed by atoms with Gasteiger partial charge in [0.25, 0.3) is 0 Å². The monoisotopic (exact) mass is 542 g/mol. The molecular weight excluding hydrogens is 499 g/mol. The van der Waals surface area contributed by atoms with Crippen LogP contribution in [0.4, 0.5) is 4.39 Å². The van der Waals surface area contributed by atoms with Crippen LogP contribution in [0.1, 0.15) is 77.3 Å². The Labute approximate surface area is 238 Å². The first-order chi connectivity index (χ1) is 18.7. The van der Waals surface area contributed by atoms with Crippen molar-refractivity contribution in [1.82, 2.24) is 10.3 Å². The van der Waals surface area contributed by atoms with E-state index in [1.54, 1.807) is 25.3 Å². The Morgan fingerprint density at radius 1 is 1.05 bits per heavy atom. The predicted molar refractivity (Wildman–Crippen MR) is 165 cm³/mol. The number of rotatable bonds is 11. The number of carboxylic acids is 1. The fraction of sp³-hybridized carbons (Fsp3) is 0.371. The van der Waals surface area contributed by atoms with E-state index in [-0.39, 0.29) is 17.8 Å². The second-order valence-corrected chi connectivity index (χ2v) is 12.2. The Balaban J connectivity index is 1.71. The van der Waals surface area contributed by atoms with Gasteiger partial charge in [0.15, 0.2) is 0 Å². The lowest BCUT2D eigenvalue weighted by Crippen LogP contribution is -2.35. The molecule has 2 atom stereocenters. The average Bonchev–Trinajstić information content (AvgIpc) is 2.88. The smallest absolute Gasteiger partial charge is 0.326 e. The standard InChI is InChI=1S/C35H43FN2O2/c1-9-25(11-10-23(2)35(7,8)36)20-32(33(39)40)38-24(3)31-21-28-15-12-27(19-29(28)22-37-31)18-26-13-16-30(17-14-26)34(4,5)6/h9-17,19,21-23,32,38H,3,18,20H2,1-2,4-8H3,(H,39,40)/b11-10-,25-9+/t23?,32-/m0/s1. The summed E-state index contributed by atoms with van der Waals surface area (Å²) in [6, 6.07) is 16.1. The summed E-state index contributed by atoms with van der Waals surface area (Å²) >= 11 is 0. The predicted octanol–water partition coefficient (Wildman–Crippen LogP) is 8.41. The molecule has 0 fully saturated rings. The van der Waals surface area contributed by atoms with Gasteiger partial charge >= 0.3 is 5.97 Å². The minimum atomic E-state index is -1.35. The fourth-order valence-electron chi connectivity index (χ4n) is 4.32. The van der Waals surface area contributed by atoms with Gasteiger partial charge < -0.3 is 10.4 Å². The van der Waals surface area contributed by atoms with Gasteiger partial charge in [0, 0.05) is 23.9 Å². The number of benzene rings is 2. The summed E-state index contributed by atoms with van der Waals surface area (Å²) in [7, 11) is 0. The Morgan fingerprint density at radius 2 is 1.70 bits per heavy atom. The largest absolute Gasteiger partial charge is 0.480 e. The molecule has 0 aliphatic rings. The Bertz CT molecular complexity index is 1410. The molecule has 3 aromatic rings. The number of allylic oxidation sites excluding steroid dienone is 3. The van der Waals surface area contributed by atoms with E-state index in [2.05, 4.69) is 80.1 Å². The minimum Gasteiger partial charge on any atom is -0.480 e. The number of nitrogens with one attached hydrogen (secondary N) is 1. The maximum absolute atomic E-state index is 14.2. The first-order valence-corrected chi connectivity index (χ1v) is 13.9. The third-order valence-corrected chi connectivity index (χ3v) is 7.46. The van der Waals surface area contributed by atoms with E-state index in [1.165, 1.54) is 30.5 Å². The Hall–Kier alpha value is -3.73. The van der Waals surface area contributed by atoms with E-state index >= 15 is 0 Å². The first-order valence-electron chi connectivity index (χ1n) is 13.9. The van der Waals surface area contributed by atoms with Gasteiger partial charge in [-0.15, -0.1) is 0 Å². The maximum Gasteiger partial charge on any atom is 0.326 e. The van der Waals surface area contributed by atoms with E-state index in [9.17, 15) is 14.3 Å². The molecule has 0 spiro atoms. The second kappa shape index (κ2) is 12.6. The summed E-state index contributed by atoms with van der Waals surface area (Å²) in [5.74, 6) is -1.29. The number of pyridine rings is 1. The molecule has 0 saturated heterocycles. The topological polar surface area (TPSA) is 62.2 Å². The molecule has 0 aliphatic carbocycles. The molecule has 0 bridgehead atoms. The van der Waals surface area contributed by atoms with Gasteiger partial charge in [0.2, 0.25) is 0 Å². The van der Waals surface area contributed by atoms with Gasteiger partial charge in [-0.3, -0.25) is 4.98 Å². The highest BCUT2D eigenvalue weighted by Gasteiger charge is 2.23. The lowest BCUT2D eigenvalue weighted by atomic mass is 9.86. The van der Waals surface area contributed by atoms with E-state index < -0.39 is 17.7 Å². The maximum atomic E-state index is 14.2. The van der Waals surface area contributed by atoms with Gasteiger partial charge in [-0.05, 0) is 72.4 Å². The van der Waals surface area contributed by atoms with Crippen LogP contribution in [0.25, 0.3) is 16.5 Å². The fourth-order valence-corrected chi connectivity index (χ4v) is 4.32. The number of fused-ring (bicyclic) bond motifs is 1. The third kappa shape index (κ3) is 8.38. The molecule has 212 valence electrons. The van der Waals surface area contributed by atoms with Crippen molar-refractivity contribution >= 4 is 22.4 Å². The molecule has 5 heteroatoms. The van der Waals surface area contributed by atoms with Crippen LogP contribution >= 0.6 is 0 Å². The number of aromatic nitrogens is 1. The molecular formula is C35H43FN2O2. The van der Waals surface area contributed by atoms with Gasteiger partial charge in [-0.2, -0.15) is 0 Å². The zero-order valence-electron chi connectivity index (χ0n) is 24.9. The summed E-state index contributed by atoms with van der Waals surface area (Å²) in [4.78, 5) is 16.6. The summed E-state index contributed by atoms with van der Waals surface area (Å²) in [5, 5.41) is 14.9. The van der Waals surface area contributed by atoms with Gasteiger partial charge in [-0.25, -0.2) is 9.18 Å². The molecule has 1 unspecified atom stereocenters. The number of halogens is 1. The summed E-state index contributed by atoms with van der Waals surface area (Å²) in [6.07, 6.45) is 8.30.